The van der Waals surface area contributed by atoms with Crippen LogP contribution in [0.3, 0.4) is 0 Å². The van der Waals surface area contributed by atoms with Crippen molar-refractivity contribution in [3.8, 4) is 17.2 Å². The van der Waals surface area contributed by atoms with Crippen molar-refractivity contribution in [1.29, 1.82) is 0 Å². The molecule has 0 unspecified atom stereocenters. The van der Waals surface area contributed by atoms with Gasteiger partial charge in [-0.3, -0.25) is 5.11 Å². The van der Waals surface area contributed by atoms with E-state index < -0.39 is 0 Å². The van der Waals surface area contributed by atoms with E-state index in [9.17, 15) is 5.11 Å². The Morgan fingerprint density at radius 1 is 1.12 bits per heavy atom. The van der Waals surface area contributed by atoms with E-state index in [0.29, 0.717) is 22.1 Å². The van der Waals surface area contributed by atoms with Crippen LogP contribution in [0.1, 0.15) is 5.56 Å². The molecule has 2 rings (SSSR count). The monoisotopic (exact) mass is 233 g/mol. The minimum absolute atomic E-state index is 0.0282. The topological polar surface area (TPSA) is 29.1 Å². The maximum absolute atomic E-state index is 11.4. The Hall–Kier alpha value is -1.67. The quantitative estimate of drug-likeness (QED) is 0.746. The number of ether oxygens (including phenoxy) is 1. The number of rotatable bonds is 2. The van der Waals surface area contributed by atoms with E-state index in [1.54, 1.807) is 43.3 Å². The Kier molecular flexibility index (Phi) is 3.02. The summed E-state index contributed by atoms with van der Waals surface area (Å²) in [6, 6.07) is 12.0. The Labute approximate surface area is 99.1 Å². The molecule has 2 aromatic carbocycles. The van der Waals surface area contributed by atoms with Gasteiger partial charge >= 0.3 is 0 Å². The molecule has 0 heterocycles. The minimum atomic E-state index is -0.0282. The number of benzene rings is 2. The fraction of sp³-hybridized carbons (Fsp3) is 0.0769. The zero-order chi connectivity index (χ0) is 11.5. The Bertz CT molecular complexity index is 509. The third-order valence-electron chi connectivity index (χ3n) is 2.26. The highest BCUT2D eigenvalue weighted by atomic mass is 35.5. The molecule has 2 aromatic rings. The van der Waals surface area contributed by atoms with E-state index in [0.717, 1.165) is 0 Å². The summed E-state index contributed by atoms with van der Waals surface area (Å²) >= 11 is 5.84. The number of halogens is 1. The normalized spacial score (nSPS) is 10.1. The molecule has 0 saturated heterocycles. The van der Waals surface area contributed by atoms with Crippen LogP contribution in [0.2, 0.25) is 5.02 Å². The molecule has 0 aliphatic carbocycles. The van der Waals surface area contributed by atoms with Crippen molar-refractivity contribution in [2.45, 2.75) is 6.92 Å². The molecule has 0 aliphatic heterocycles. The van der Waals surface area contributed by atoms with Gasteiger partial charge in [0.05, 0.1) is 0 Å². The van der Waals surface area contributed by atoms with Crippen LogP contribution < -0.4 is 4.74 Å². The van der Waals surface area contributed by atoms with Gasteiger partial charge in [0.1, 0.15) is 11.5 Å². The molecule has 3 heteroatoms. The molecule has 0 amide bonds. The van der Waals surface area contributed by atoms with Gasteiger partial charge in [-0.2, -0.15) is 0 Å². The first kappa shape index (κ1) is 10.8. The van der Waals surface area contributed by atoms with E-state index in [4.69, 9.17) is 16.3 Å². The molecule has 0 bridgehead atoms. The van der Waals surface area contributed by atoms with Gasteiger partial charge in [0.15, 0.2) is 5.75 Å². The lowest BCUT2D eigenvalue weighted by Gasteiger charge is -2.08. The summed E-state index contributed by atoms with van der Waals surface area (Å²) in [5.74, 6) is 1.16. The van der Waals surface area contributed by atoms with Crippen LogP contribution in [0, 0.1) is 6.92 Å². The highest BCUT2D eigenvalue weighted by molar-refractivity contribution is 6.30. The smallest absolute Gasteiger partial charge is 0.185 e. The summed E-state index contributed by atoms with van der Waals surface area (Å²) in [4.78, 5) is 0. The average molecular weight is 234 g/mol. The second-order valence-corrected chi connectivity index (χ2v) is 3.88. The third-order valence-corrected chi connectivity index (χ3v) is 2.49. The molecule has 0 saturated carbocycles. The van der Waals surface area contributed by atoms with E-state index in [1.807, 2.05) is 0 Å². The fourth-order valence-electron chi connectivity index (χ4n) is 1.36. The van der Waals surface area contributed by atoms with Crippen LogP contribution in [0.25, 0.3) is 0 Å². The molecule has 0 aromatic heterocycles. The highest BCUT2D eigenvalue weighted by Crippen LogP contribution is 2.31. The van der Waals surface area contributed by atoms with Gasteiger partial charge in [-0.1, -0.05) is 23.7 Å². The minimum Gasteiger partial charge on any atom is -0.457 e. The van der Waals surface area contributed by atoms with Gasteiger partial charge in [0, 0.05) is 10.6 Å². The van der Waals surface area contributed by atoms with Crippen LogP contribution in [-0.4, -0.2) is 0 Å². The van der Waals surface area contributed by atoms with Gasteiger partial charge in [-0.25, -0.2) is 0 Å². The van der Waals surface area contributed by atoms with Gasteiger partial charge in [0.2, 0.25) is 0 Å². The average Bonchev–Trinajstić information content (AvgIpc) is 2.25. The molecule has 0 atom stereocenters. The van der Waals surface area contributed by atoms with Crippen LogP contribution >= 0.6 is 11.6 Å². The maximum atomic E-state index is 11.4. The second-order valence-electron chi connectivity index (χ2n) is 3.44. The Balaban J connectivity index is 2.31. The molecule has 1 radical (unpaired) electrons. The third kappa shape index (κ3) is 2.28. The molecular formula is C13H10ClO2. The lowest BCUT2D eigenvalue weighted by Crippen LogP contribution is -1.87. The van der Waals surface area contributed by atoms with E-state index in [-0.39, 0.29) is 5.75 Å². The molecule has 81 valence electrons. The molecule has 0 N–H and O–H groups in total. The van der Waals surface area contributed by atoms with E-state index in [1.165, 1.54) is 6.07 Å². The summed E-state index contributed by atoms with van der Waals surface area (Å²) in [6.45, 7) is 1.74. The summed E-state index contributed by atoms with van der Waals surface area (Å²) in [5.41, 5.74) is 0.600. The Morgan fingerprint density at radius 3 is 2.62 bits per heavy atom. The van der Waals surface area contributed by atoms with E-state index >= 15 is 0 Å². The summed E-state index contributed by atoms with van der Waals surface area (Å²) < 4.78 is 5.59. The van der Waals surface area contributed by atoms with Crippen LogP contribution in [0.15, 0.2) is 42.5 Å². The van der Waals surface area contributed by atoms with Gasteiger partial charge in [-0.05, 0) is 37.3 Å². The van der Waals surface area contributed by atoms with Crippen LogP contribution in [0.5, 0.6) is 17.2 Å². The lowest BCUT2D eigenvalue weighted by molar-refractivity contribution is 0.348. The maximum Gasteiger partial charge on any atom is 0.185 e. The van der Waals surface area contributed by atoms with Crippen molar-refractivity contribution < 1.29 is 9.84 Å². The van der Waals surface area contributed by atoms with Crippen LogP contribution in [-0.2, 0) is 5.11 Å². The Morgan fingerprint density at radius 2 is 1.88 bits per heavy atom. The van der Waals surface area contributed by atoms with Crippen molar-refractivity contribution in [3.05, 3.63) is 53.1 Å². The van der Waals surface area contributed by atoms with Crippen molar-refractivity contribution in [2.75, 3.05) is 0 Å². The standard InChI is InChI=1S/C13H10ClO2/c1-9-12(15)6-3-7-13(9)16-11-5-2-4-10(14)8-11/h2-8H,1H3. The van der Waals surface area contributed by atoms with Crippen LogP contribution in [0.4, 0.5) is 0 Å². The van der Waals surface area contributed by atoms with Crippen molar-refractivity contribution in [1.82, 2.24) is 0 Å². The zero-order valence-corrected chi connectivity index (χ0v) is 9.49. The predicted molar refractivity (Wildman–Crippen MR) is 62.8 cm³/mol. The van der Waals surface area contributed by atoms with E-state index in [2.05, 4.69) is 0 Å². The number of hydrogen-bond donors (Lipinski definition) is 0. The fourth-order valence-corrected chi connectivity index (χ4v) is 1.54. The lowest BCUT2D eigenvalue weighted by atomic mass is 10.2. The predicted octanol–water partition coefficient (Wildman–Crippen LogP) is 4.58. The first-order chi connectivity index (χ1) is 7.66. The molecular weight excluding hydrogens is 224 g/mol. The SMILES string of the molecule is Cc1c([O])cccc1Oc1cccc(Cl)c1. The van der Waals surface area contributed by atoms with Crippen molar-refractivity contribution in [3.63, 3.8) is 0 Å². The van der Waals surface area contributed by atoms with Crippen molar-refractivity contribution in [2.24, 2.45) is 0 Å². The number of hydrogen-bond acceptors (Lipinski definition) is 1. The summed E-state index contributed by atoms with van der Waals surface area (Å²) in [7, 11) is 0. The largest absolute Gasteiger partial charge is 0.457 e. The zero-order valence-electron chi connectivity index (χ0n) is 8.74. The molecule has 0 fully saturated rings. The first-order valence-electron chi connectivity index (χ1n) is 4.87. The van der Waals surface area contributed by atoms with Gasteiger partial charge in [-0.15, -0.1) is 0 Å². The highest BCUT2D eigenvalue weighted by Gasteiger charge is 2.06. The first-order valence-corrected chi connectivity index (χ1v) is 5.24. The van der Waals surface area contributed by atoms with Gasteiger partial charge in [0.25, 0.3) is 0 Å². The summed E-state index contributed by atoms with van der Waals surface area (Å²) in [5, 5.41) is 12.0. The van der Waals surface area contributed by atoms with Crippen molar-refractivity contribution >= 4 is 11.6 Å². The summed E-state index contributed by atoms with van der Waals surface area (Å²) in [6.07, 6.45) is 0. The molecule has 0 aliphatic rings. The molecule has 16 heavy (non-hydrogen) atoms. The molecule has 2 nitrogen and oxygen atoms in total. The molecule has 0 spiro atoms. The van der Waals surface area contributed by atoms with Gasteiger partial charge < -0.3 is 4.74 Å². The second kappa shape index (κ2) is 4.45.